The van der Waals surface area contributed by atoms with Crippen molar-refractivity contribution in [2.45, 2.75) is 25.3 Å². The number of nitrogens with zero attached hydrogens (tertiary/aromatic N) is 5. The monoisotopic (exact) mass is 484 g/mol. The highest BCUT2D eigenvalue weighted by atomic mass is 32.2. The van der Waals surface area contributed by atoms with Gasteiger partial charge < -0.3 is 4.74 Å². The average Bonchev–Trinajstić information content (AvgIpc) is 3.44. The van der Waals surface area contributed by atoms with Crippen molar-refractivity contribution < 1.29 is 9.53 Å². The largest absolute Gasteiger partial charge is 0.496 e. The van der Waals surface area contributed by atoms with E-state index in [1.54, 1.807) is 18.4 Å². The van der Waals surface area contributed by atoms with E-state index in [4.69, 9.17) is 9.72 Å². The molecule has 0 bridgehead atoms. The highest BCUT2D eigenvalue weighted by molar-refractivity contribution is 7.99. The van der Waals surface area contributed by atoms with E-state index in [1.807, 2.05) is 50.2 Å². The molecular weight excluding hydrogens is 464 g/mol. The first-order valence-electron chi connectivity index (χ1n) is 9.77. The highest BCUT2D eigenvalue weighted by Gasteiger charge is 2.16. The lowest BCUT2D eigenvalue weighted by Gasteiger charge is -2.04. The minimum atomic E-state index is -0.153. The number of benzene rings is 1. The van der Waals surface area contributed by atoms with E-state index < -0.39 is 0 Å². The summed E-state index contributed by atoms with van der Waals surface area (Å²) in [6.45, 7) is 3.95. The van der Waals surface area contributed by atoms with Gasteiger partial charge in [0.25, 0.3) is 0 Å². The van der Waals surface area contributed by atoms with Crippen LogP contribution in [0.5, 0.6) is 5.75 Å². The Labute approximate surface area is 197 Å². The smallest absolute Gasteiger partial charge is 0.236 e. The number of hydrogen-bond donors (Lipinski definition) is 1. The molecular formula is C21H20N6O2S3. The predicted molar refractivity (Wildman–Crippen MR) is 129 cm³/mol. The second-order valence-corrected chi connectivity index (χ2v) is 9.64. The van der Waals surface area contributed by atoms with Gasteiger partial charge in [-0.1, -0.05) is 42.2 Å². The molecule has 4 aromatic rings. The third kappa shape index (κ3) is 5.12. The summed E-state index contributed by atoms with van der Waals surface area (Å²) in [6, 6.07) is 11.6. The number of aromatic nitrogens is 5. The third-order valence-electron chi connectivity index (χ3n) is 4.37. The molecule has 0 aliphatic carbocycles. The molecule has 0 saturated heterocycles. The number of nitrogens with one attached hydrogen (secondary N) is 1. The van der Waals surface area contributed by atoms with E-state index in [0.717, 1.165) is 44.0 Å². The van der Waals surface area contributed by atoms with Gasteiger partial charge in [-0.15, -0.1) is 31.7 Å². The lowest BCUT2D eigenvalue weighted by atomic mass is 10.2. The number of thioether (sulfide) groups is 1. The maximum absolute atomic E-state index is 12.1. The second-order valence-electron chi connectivity index (χ2n) is 6.58. The van der Waals surface area contributed by atoms with Gasteiger partial charge in [0.05, 0.1) is 29.0 Å². The summed E-state index contributed by atoms with van der Waals surface area (Å²) in [6.07, 6.45) is 0.795. The molecule has 1 aromatic carbocycles. The molecule has 4 rings (SSSR count). The standard InChI is InChI=1S/C21H20N6O2S3/c1-4-17-25-27-21(31-17)23-16(28)11-30-18-10-9-14(24-26-18)19-12(2)22-20(32-19)13-7-5-6-8-15(13)29-3/h5-10H,4,11H2,1-3H3,(H,23,27,28). The first kappa shape index (κ1) is 22.3. The lowest BCUT2D eigenvalue weighted by Crippen LogP contribution is -2.14. The van der Waals surface area contributed by atoms with Gasteiger partial charge in [-0.2, -0.15) is 0 Å². The summed E-state index contributed by atoms with van der Waals surface area (Å²) in [4.78, 5) is 17.8. The molecule has 3 aromatic heterocycles. The number of carbonyl (C=O) groups excluding carboxylic acids is 1. The molecule has 32 heavy (non-hydrogen) atoms. The topological polar surface area (TPSA) is 103 Å². The molecule has 0 aliphatic heterocycles. The van der Waals surface area contributed by atoms with E-state index in [-0.39, 0.29) is 11.7 Å². The summed E-state index contributed by atoms with van der Waals surface area (Å²) in [7, 11) is 1.65. The van der Waals surface area contributed by atoms with Gasteiger partial charge in [0.15, 0.2) is 0 Å². The number of thiazole rings is 1. The fourth-order valence-electron chi connectivity index (χ4n) is 2.83. The maximum Gasteiger partial charge on any atom is 0.236 e. The molecule has 3 heterocycles. The Morgan fingerprint density at radius 3 is 2.66 bits per heavy atom. The van der Waals surface area contributed by atoms with E-state index in [2.05, 4.69) is 25.7 Å². The zero-order valence-electron chi connectivity index (χ0n) is 17.7. The van der Waals surface area contributed by atoms with Gasteiger partial charge >= 0.3 is 0 Å². The molecule has 164 valence electrons. The third-order valence-corrected chi connectivity index (χ3v) is 7.49. The SMILES string of the molecule is CCc1nnc(NC(=O)CSc2ccc(-c3sc(-c4ccccc4OC)nc3C)nn2)s1. The van der Waals surface area contributed by atoms with Crippen molar-refractivity contribution in [1.29, 1.82) is 0 Å². The zero-order valence-corrected chi connectivity index (χ0v) is 20.1. The minimum absolute atomic E-state index is 0.153. The van der Waals surface area contributed by atoms with E-state index >= 15 is 0 Å². The van der Waals surface area contributed by atoms with Crippen molar-refractivity contribution in [2.24, 2.45) is 0 Å². The van der Waals surface area contributed by atoms with Gasteiger partial charge in [0.2, 0.25) is 11.0 Å². The summed E-state index contributed by atoms with van der Waals surface area (Å²) < 4.78 is 5.46. The number of carbonyl (C=O) groups is 1. The first-order valence-corrected chi connectivity index (χ1v) is 12.4. The Morgan fingerprint density at radius 1 is 1.09 bits per heavy atom. The number of aryl methyl sites for hydroxylation is 2. The van der Waals surface area contributed by atoms with E-state index in [0.29, 0.717) is 10.2 Å². The van der Waals surface area contributed by atoms with E-state index in [1.165, 1.54) is 23.1 Å². The Bertz CT molecular complexity index is 1220. The summed E-state index contributed by atoms with van der Waals surface area (Å²) in [5.41, 5.74) is 2.58. The van der Waals surface area contributed by atoms with Crippen LogP contribution in [0.25, 0.3) is 21.1 Å². The van der Waals surface area contributed by atoms with Crippen LogP contribution in [0, 0.1) is 6.92 Å². The molecule has 0 aliphatic rings. The molecule has 0 fully saturated rings. The van der Waals surface area contributed by atoms with Crippen molar-refractivity contribution in [1.82, 2.24) is 25.4 Å². The van der Waals surface area contributed by atoms with Gasteiger partial charge in [0.1, 0.15) is 26.5 Å². The van der Waals surface area contributed by atoms with Crippen molar-refractivity contribution >= 4 is 45.5 Å². The van der Waals surface area contributed by atoms with Crippen LogP contribution in [0.1, 0.15) is 17.6 Å². The number of rotatable bonds is 8. The number of hydrogen-bond acceptors (Lipinski definition) is 10. The zero-order chi connectivity index (χ0) is 22.5. The quantitative estimate of drug-likeness (QED) is 0.358. The average molecular weight is 485 g/mol. The maximum atomic E-state index is 12.1. The highest BCUT2D eigenvalue weighted by Crippen LogP contribution is 2.38. The van der Waals surface area contributed by atoms with Crippen molar-refractivity contribution in [2.75, 3.05) is 18.2 Å². The van der Waals surface area contributed by atoms with Crippen LogP contribution in [0.3, 0.4) is 0 Å². The normalized spacial score (nSPS) is 10.8. The van der Waals surface area contributed by atoms with Gasteiger partial charge in [-0.25, -0.2) is 4.98 Å². The van der Waals surface area contributed by atoms with Gasteiger partial charge in [-0.05, 0) is 37.6 Å². The Hall–Kier alpha value is -2.89. The number of methoxy groups -OCH3 is 1. The van der Waals surface area contributed by atoms with Crippen LogP contribution in [0.15, 0.2) is 41.4 Å². The molecule has 0 saturated carbocycles. The molecule has 8 nitrogen and oxygen atoms in total. The molecule has 11 heteroatoms. The number of ether oxygens (including phenoxy) is 1. The van der Waals surface area contributed by atoms with Crippen LogP contribution in [-0.4, -0.2) is 44.1 Å². The van der Waals surface area contributed by atoms with Crippen LogP contribution in [0.4, 0.5) is 5.13 Å². The van der Waals surface area contributed by atoms with Crippen LogP contribution >= 0.6 is 34.4 Å². The van der Waals surface area contributed by atoms with Crippen molar-refractivity contribution in [3.05, 3.63) is 47.1 Å². The summed E-state index contributed by atoms with van der Waals surface area (Å²) in [5, 5.41) is 22.3. The van der Waals surface area contributed by atoms with Gasteiger partial charge in [0, 0.05) is 0 Å². The minimum Gasteiger partial charge on any atom is -0.496 e. The second kappa shape index (κ2) is 10.2. The van der Waals surface area contributed by atoms with Crippen LogP contribution < -0.4 is 10.1 Å². The molecule has 1 amide bonds. The van der Waals surface area contributed by atoms with Crippen molar-refractivity contribution in [3.8, 4) is 26.9 Å². The molecule has 0 spiro atoms. The van der Waals surface area contributed by atoms with Crippen LogP contribution in [-0.2, 0) is 11.2 Å². The van der Waals surface area contributed by atoms with Crippen LogP contribution in [0.2, 0.25) is 0 Å². The van der Waals surface area contributed by atoms with Crippen molar-refractivity contribution in [3.63, 3.8) is 0 Å². The number of para-hydroxylation sites is 1. The lowest BCUT2D eigenvalue weighted by molar-refractivity contribution is -0.113. The number of amides is 1. The van der Waals surface area contributed by atoms with Gasteiger partial charge in [-0.3, -0.25) is 10.1 Å². The Balaban J connectivity index is 1.41. The molecule has 0 atom stereocenters. The molecule has 0 radical (unpaired) electrons. The Kier molecular flexibility index (Phi) is 7.08. The summed E-state index contributed by atoms with van der Waals surface area (Å²) >= 11 is 4.25. The van der Waals surface area contributed by atoms with E-state index in [9.17, 15) is 4.79 Å². The number of anilines is 1. The predicted octanol–water partition coefficient (Wildman–Crippen LogP) is 4.73. The molecule has 0 unspecified atom stereocenters. The Morgan fingerprint density at radius 2 is 1.94 bits per heavy atom. The summed E-state index contributed by atoms with van der Waals surface area (Å²) in [5.74, 6) is 0.842. The fraction of sp³-hybridized carbons (Fsp3) is 0.238. The molecule has 1 N–H and O–H groups in total. The first-order chi connectivity index (χ1) is 15.6. The fourth-order valence-corrected chi connectivity index (χ4v) is 5.20.